The summed E-state index contributed by atoms with van der Waals surface area (Å²) >= 11 is 0. The Bertz CT molecular complexity index is 322. The van der Waals surface area contributed by atoms with Gasteiger partial charge in [-0.05, 0) is 5.56 Å². The molecular weight excluding hydrogens is 186 g/mol. The van der Waals surface area contributed by atoms with Crippen LogP contribution in [0.1, 0.15) is 12.0 Å². The van der Waals surface area contributed by atoms with Crippen LogP contribution in [-0.4, -0.2) is 37.3 Å². The molecule has 0 amide bonds. The van der Waals surface area contributed by atoms with Gasteiger partial charge in [0.25, 0.3) is 0 Å². The van der Waals surface area contributed by atoms with Gasteiger partial charge in [-0.2, -0.15) is 0 Å². The summed E-state index contributed by atoms with van der Waals surface area (Å²) in [6.45, 7) is 0.203. The number of aliphatic hydroxyl groups is 1. The molecule has 0 aliphatic carbocycles. The summed E-state index contributed by atoms with van der Waals surface area (Å²) < 4.78 is 0.759. The molecule has 0 radical (unpaired) electrons. The molecule has 0 heterocycles. The van der Waals surface area contributed by atoms with E-state index < -0.39 is 0 Å². The summed E-state index contributed by atoms with van der Waals surface area (Å²) in [4.78, 5) is 0. The van der Waals surface area contributed by atoms with Gasteiger partial charge in [0, 0.05) is 12.5 Å². The van der Waals surface area contributed by atoms with E-state index in [0.717, 1.165) is 10.9 Å². The van der Waals surface area contributed by atoms with Gasteiger partial charge in [-0.1, -0.05) is 30.3 Å². The number of benzene rings is 1. The lowest BCUT2D eigenvalue weighted by atomic mass is 10.1. The molecule has 0 saturated carbocycles. The maximum Gasteiger partial charge on any atom is 0.111 e. The zero-order valence-corrected chi connectivity index (χ0v) is 9.77. The van der Waals surface area contributed by atoms with Crippen molar-refractivity contribution in [3.05, 3.63) is 41.6 Å². The smallest absolute Gasteiger partial charge is 0.111 e. The topological polar surface area (TPSA) is 20.2 Å². The second-order valence-corrected chi connectivity index (χ2v) is 4.53. The lowest BCUT2D eigenvalue weighted by Crippen LogP contribution is -2.33. The van der Waals surface area contributed by atoms with Crippen molar-refractivity contribution in [3.8, 4) is 0 Å². The van der Waals surface area contributed by atoms with E-state index in [1.54, 1.807) is 0 Å². The molecule has 0 aliphatic heterocycles. The second-order valence-electron chi connectivity index (χ2n) is 4.53. The lowest BCUT2D eigenvalue weighted by Gasteiger charge is -2.26. The van der Waals surface area contributed by atoms with Crippen molar-refractivity contribution >= 4 is 6.08 Å². The summed E-state index contributed by atoms with van der Waals surface area (Å²) in [6.07, 6.45) is 2.87. The largest absolute Gasteiger partial charge is 0.396 e. The maximum atomic E-state index is 9.03. The highest BCUT2D eigenvalue weighted by atomic mass is 16.3. The first kappa shape index (κ1) is 12.0. The van der Waals surface area contributed by atoms with Crippen LogP contribution in [0.4, 0.5) is 0 Å². The molecule has 0 bridgehead atoms. The molecule has 1 N–H and O–H groups in total. The van der Waals surface area contributed by atoms with E-state index >= 15 is 0 Å². The first-order valence-corrected chi connectivity index (χ1v) is 5.22. The van der Waals surface area contributed by atoms with Crippen LogP contribution in [0, 0.1) is 0 Å². The molecule has 1 aromatic carbocycles. The first-order chi connectivity index (χ1) is 7.04. The molecule has 1 rings (SSSR count). The highest BCUT2D eigenvalue weighted by Gasteiger charge is 2.15. The van der Waals surface area contributed by atoms with Crippen molar-refractivity contribution in [2.75, 3.05) is 27.7 Å². The van der Waals surface area contributed by atoms with E-state index in [2.05, 4.69) is 39.4 Å². The summed E-state index contributed by atoms with van der Waals surface area (Å²) in [7, 11) is 6.35. The van der Waals surface area contributed by atoms with Gasteiger partial charge in [-0.25, -0.2) is 0 Å². The van der Waals surface area contributed by atoms with E-state index in [9.17, 15) is 0 Å². The number of rotatable bonds is 4. The number of aliphatic hydroxyl groups excluding tert-OH is 1. The minimum atomic E-state index is 0.203. The Kier molecular flexibility index (Phi) is 4.06. The van der Waals surface area contributed by atoms with Crippen LogP contribution in [0.2, 0.25) is 0 Å². The predicted molar refractivity (Wildman–Crippen MR) is 64.2 cm³/mol. The zero-order chi connectivity index (χ0) is 11.3. The molecule has 0 saturated heterocycles. The van der Waals surface area contributed by atoms with E-state index in [-0.39, 0.29) is 6.61 Å². The van der Waals surface area contributed by atoms with Gasteiger partial charge < -0.3 is 9.59 Å². The normalized spacial score (nSPS) is 12.9. The third-order valence-electron chi connectivity index (χ3n) is 2.36. The standard InChI is InChI=1S/C13H20NO/c1-14(2,3)13(9-10-15)11-12-7-5-4-6-8-12/h4-8,11,15H,9-10H2,1-3H3/q+1. The molecule has 82 valence electrons. The molecule has 2 heteroatoms. The summed E-state index contributed by atoms with van der Waals surface area (Å²) in [5, 5.41) is 9.03. The fourth-order valence-electron chi connectivity index (χ4n) is 1.46. The lowest BCUT2D eigenvalue weighted by molar-refractivity contribution is -0.831. The number of quaternary nitrogens is 1. The number of hydrogen-bond acceptors (Lipinski definition) is 1. The predicted octanol–water partition coefficient (Wildman–Crippen LogP) is 2.12. The monoisotopic (exact) mass is 206 g/mol. The van der Waals surface area contributed by atoms with Gasteiger partial charge in [0.05, 0.1) is 27.7 Å². The third-order valence-corrected chi connectivity index (χ3v) is 2.36. The average Bonchev–Trinajstić information content (AvgIpc) is 2.17. The Morgan fingerprint density at radius 1 is 1.20 bits per heavy atom. The fraction of sp³-hybridized carbons (Fsp3) is 0.385. The van der Waals surface area contributed by atoms with Crippen molar-refractivity contribution in [1.29, 1.82) is 0 Å². The Labute approximate surface area is 92.1 Å². The van der Waals surface area contributed by atoms with E-state index in [0.29, 0.717) is 0 Å². The first-order valence-electron chi connectivity index (χ1n) is 5.22. The van der Waals surface area contributed by atoms with Gasteiger partial charge in [-0.3, -0.25) is 0 Å². The molecule has 15 heavy (non-hydrogen) atoms. The summed E-state index contributed by atoms with van der Waals surface area (Å²) in [5.41, 5.74) is 2.41. The van der Waals surface area contributed by atoms with Crippen LogP contribution < -0.4 is 0 Å². The maximum absolute atomic E-state index is 9.03. The molecule has 0 atom stereocenters. The zero-order valence-electron chi connectivity index (χ0n) is 9.77. The van der Waals surface area contributed by atoms with Gasteiger partial charge in [-0.15, -0.1) is 0 Å². The Balaban J connectivity index is 2.94. The number of nitrogens with zero attached hydrogens (tertiary/aromatic N) is 1. The molecule has 0 unspecified atom stereocenters. The van der Waals surface area contributed by atoms with Crippen molar-refractivity contribution in [1.82, 2.24) is 0 Å². The Morgan fingerprint density at radius 2 is 1.80 bits per heavy atom. The Hall–Kier alpha value is -1.12. The molecule has 2 nitrogen and oxygen atoms in total. The highest BCUT2D eigenvalue weighted by Crippen LogP contribution is 2.16. The summed E-state index contributed by atoms with van der Waals surface area (Å²) in [6, 6.07) is 10.2. The molecular formula is C13H20NO+. The van der Waals surface area contributed by atoms with Crippen molar-refractivity contribution < 1.29 is 9.59 Å². The highest BCUT2D eigenvalue weighted by molar-refractivity contribution is 5.50. The fourth-order valence-corrected chi connectivity index (χ4v) is 1.46. The molecule has 0 aromatic heterocycles. The van der Waals surface area contributed by atoms with Crippen LogP contribution in [0.15, 0.2) is 36.0 Å². The molecule has 0 aliphatic rings. The van der Waals surface area contributed by atoms with Gasteiger partial charge in [0.15, 0.2) is 0 Å². The van der Waals surface area contributed by atoms with E-state index in [4.69, 9.17) is 5.11 Å². The average molecular weight is 206 g/mol. The molecule has 0 fully saturated rings. The molecule has 1 aromatic rings. The Morgan fingerprint density at radius 3 is 2.27 bits per heavy atom. The van der Waals surface area contributed by atoms with E-state index in [1.165, 1.54) is 11.3 Å². The minimum Gasteiger partial charge on any atom is -0.396 e. The summed E-state index contributed by atoms with van der Waals surface area (Å²) in [5.74, 6) is 0. The third kappa shape index (κ3) is 3.86. The molecule has 0 spiro atoms. The second kappa shape index (κ2) is 5.10. The van der Waals surface area contributed by atoms with Crippen molar-refractivity contribution in [3.63, 3.8) is 0 Å². The van der Waals surface area contributed by atoms with Crippen LogP contribution >= 0.6 is 0 Å². The SMILES string of the molecule is C[N+](C)(C)C(=Cc1ccccc1)CCO. The van der Waals surface area contributed by atoms with Crippen molar-refractivity contribution in [2.45, 2.75) is 6.42 Å². The van der Waals surface area contributed by atoms with Gasteiger partial charge in [0.1, 0.15) is 5.70 Å². The van der Waals surface area contributed by atoms with E-state index in [1.807, 2.05) is 18.2 Å². The van der Waals surface area contributed by atoms with Crippen LogP contribution in [0.5, 0.6) is 0 Å². The van der Waals surface area contributed by atoms with Crippen molar-refractivity contribution in [2.24, 2.45) is 0 Å². The van der Waals surface area contributed by atoms with Crippen LogP contribution in [-0.2, 0) is 0 Å². The van der Waals surface area contributed by atoms with Crippen LogP contribution in [0.3, 0.4) is 0 Å². The van der Waals surface area contributed by atoms with Crippen LogP contribution in [0.25, 0.3) is 6.08 Å². The minimum absolute atomic E-state index is 0.203. The quantitative estimate of drug-likeness (QED) is 0.748. The van der Waals surface area contributed by atoms with Gasteiger partial charge in [0.2, 0.25) is 0 Å². The van der Waals surface area contributed by atoms with Gasteiger partial charge >= 0.3 is 0 Å². The number of hydrogen-bond donors (Lipinski definition) is 1.